The summed E-state index contributed by atoms with van der Waals surface area (Å²) in [4.78, 5) is 14.6. The summed E-state index contributed by atoms with van der Waals surface area (Å²) < 4.78 is 10.7. The molecular formula is C19H24N2O3. The van der Waals surface area contributed by atoms with Crippen LogP contribution in [0, 0.1) is 0 Å². The summed E-state index contributed by atoms with van der Waals surface area (Å²) in [6.07, 6.45) is 4.47. The van der Waals surface area contributed by atoms with E-state index in [-0.39, 0.29) is 11.9 Å². The Labute approximate surface area is 142 Å². The number of hydrogen-bond acceptors (Lipinski definition) is 4. The lowest BCUT2D eigenvalue weighted by atomic mass is 10.1. The molecule has 0 radical (unpaired) electrons. The maximum Gasteiger partial charge on any atom is 0.224 e. The predicted molar refractivity (Wildman–Crippen MR) is 92.0 cm³/mol. The Morgan fingerprint density at radius 2 is 2.00 bits per heavy atom. The minimum absolute atomic E-state index is 0.0240. The van der Waals surface area contributed by atoms with Gasteiger partial charge in [0.05, 0.1) is 25.8 Å². The maximum atomic E-state index is 12.3. The van der Waals surface area contributed by atoms with E-state index in [9.17, 15) is 4.79 Å². The third-order valence-corrected chi connectivity index (χ3v) is 4.47. The first-order valence-electron chi connectivity index (χ1n) is 8.43. The largest absolute Gasteiger partial charge is 0.497 e. The van der Waals surface area contributed by atoms with Crippen molar-refractivity contribution >= 4 is 5.91 Å². The number of likely N-dealkylation sites (tertiary alicyclic amines) is 1. The minimum Gasteiger partial charge on any atom is -0.497 e. The smallest absolute Gasteiger partial charge is 0.224 e. The normalized spacial score (nSPS) is 16.0. The molecule has 2 heterocycles. The van der Waals surface area contributed by atoms with Crippen molar-refractivity contribution in [3.8, 4) is 5.75 Å². The average molecular weight is 328 g/mol. The van der Waals surface area contributed by atoms with Gasteiger partial charge in [0.15, 0.2) is 0 Å². The molecule has 1 N–H and O–H groups in total. The Balaban J connectivity index is 1.56. The van der Waals surface area contributed by atoms with Crippen molar-refractivity contribution in [3.05, 3.63) is 54.0 Å². The van der Waals surface area contributed by atoms with E-state index >= 15 is 0 Å². The monoisotopic (exact) mass is 328 g/mol. The first-order valence-corrected chi connectivity index (χ1v) is 8.43. The van der Waals surface area contributed by atoms with E-state index in [1.54, 1.807) is 13.4 Å². The summed E-state index contributed by atoms with van der Waals surface area (Å²) >= 11 is 0. The highest BCUT2D eigenvalue weighted by Crippen LogP contribution is 2.24. The van der Waals surface area contributed by atoms with Crippen LogP contribution in [0.15, 0.2) is 47.1 Å². The van der Waals surface area contributed by atoms with Crippen molar-refractivity contribution in [2.75, 3.05) is 26.7 Å². The van der Waals surface area contributed by atoms with Gasteiger partial charge in [0.25, 0.3) is 0 Å². The first kappa shape index (κ1) is 16.6. The van der Waals surface area contributed by atoms with Gasteiger partial charge in [-0.15, -0.1) is 0 Å². The second-order valence-electron chi connectivity index (χ2n) is 6.10. The van der Waals surface area contributed by atoms with E-state index in [1.807, 2.05) is 36.4 Å². The lowest BCUT2D eigenvalue weighted by Gasteiger charge is -2.26. The molecule has 2 aromatic rings. The van der Waals surface area contributed by atoms with Crippen LogP contribution in [0.25, 0.3) is 0 Å². The van der Waals surface area contributed by atoms with E-state index in [4.69, 9.17) is 9.15 Å². The summed E-state index contributed by atoms with van der Waals surface area (Å²) in [5, 5.41) is 3.05. The molecule has 1 saturated heterocycles. The van der Waals surface area contributed by atoms with Gasteiger partial charge in [0, 0.05) is 6.54 Å². The Hall–Kier alpha value is -2.27. The third kappa shape index (κ3) is 4.17. The Bertz CT molecular complexity index is 631. The number of nitrogens with one attached hydrogen (secondary N) is 1. The van der Waals surface area contributed by atoms with E-state index in [0.717, 1.165) is 30.2 Å². The zero-order valence-corrected chi connectivity index (χ0v) is 14.0. The molecular weight excluding hydrogens is 304 g/mol. The molecule has 0 unspecified atom stereocenters. The number of nitrogens with zero attached hydrogens (tertiary/aromatic N) is 1. The van der Waals surface area contributed by atoms with E-state index in [0.29, 0.717) is 13.0 Å². The van der Waals surface area contributed by atoms with Gasteiger partial charge in [0.2, 0.25) is 5.91 Å². The van der Waals surface area contributed by atoms with Crippen LogP contribution in [-0.2, 0) is 11.2 Å². The van der Waals surface area contributed by atoms with Crippen LogP contribution in [0.1, 0.15) is 30.2 Å². The average Bonchev–Trinajstić information content (AvgIpc) is 3.30. The molecule has 1 aliphatic heterocycles. The molecule has 24 heavy (non-hydrogen) atoms. The molecule has 1 aliphatic rings. The topological polar surface area (TPSA) is 54.7 Å². The molecule has 1 amide bonds. The zero-order valence-electron chi connectivity index (χ0n) is 14.0. The van der Waals surface area contributed by atoms with Gasteiger partial charge in [-0.25, -0.2) is 0 Å². The molecule has 0 spiro atoms. The molecule has 128 valence electrons. The van der Waals surface area contributed by atoms with Gasteiger partial charge in [-0.2, -0.15) is 0 Å². The number of amides is 1. The fourth-order valence-electron chi connectivity index (χ4n) is 3.15. The van der Waals surface area contributed by atoms with Crippen LogP contribution in [0.5, 0.6) is 5.75 Å². The number of furan rings is 1. The van der Waals surface area contributed by atoms with Crippen LogP contribution in [-0.4, -0.2) is 37.6 Å². The van der Waals surface area contributed by atoms with Gasteiger partial charge in [-0.05, 0) is 55.8 Å². The number of rotatable bonds is 7. The predicted octanol–water partition coefficient (Wildman–Crippen LogP) is 2.78. The van der Waals surface area contributed by atoms with Crippen LogP contribution in [0.4, 0.5) is 0 Å². The number of benzene rings is 1. The summed E-state index contributed by atoms with van der Waals surface area (Å²) in [5.41, 5.74) is 0.976. The van der Waals surface area contributed by atoms with E-state index in [2.05, 4.69) is 10.2 Å². The first-order chi connectivity index (χ1) is 11.8. The number of ether oxygens (including phenoxy) is 1. The molecule has 5 nitrogen and oxygen atoms in total. The van der Waals surface area contributed by atoms with Crippen LogP contribution >= 0.6 is 0 Å². The molecule has 1 fully saturated rings. The molecule has 1 aromatic heterocycles. The Kier molecular flexibility index (Phi) is 5.54. The highest BCUT2D eigenvalue weighted by molar-refractivity contribution is 5.78. The molecule has 1 aromatic carbocycles. The summed E-state index contributed by atoms with van der Waals surface area (Å²) in [6, 6.07) is 11.6. The minimum atomic E-state index is 0.0240. The fraction of sp³-hybridized carbons (Fsp3) is 0.421. The molecule has 0 saturated carbocycles. The second-order valence-corrected chi connectivity index (χ2v) is 6.10. The molecule has 0 aliphatic carbocycles. The lowest BCUT2D eigenvalue weighted by Crippen LogP contribution is -2.37. The van der Waals surface area contributed by atoms with E-state index < -0.39 is 0 Å². The van der Waals surface area contributed by atoms with Crippen LogP contribution in [0.3, 0.4) is 0 Å². The van der Waals surface area contributed by atoms with Crippen molar-refractivity contribution in [1.29, 1.82) is 0 Å². The van der Waals surface area contributed by atoms with Crippen LogP contribution in [0.2, 0.25) is 0 Å². The third-order valence-electron chi connectivity index (χ3n) is 4.47. The van der Waals surface area contributed by atoms with Crippen molar-refractivity contribution in [2.45, 2.75) is 25.3 Å². The highest BCUT2D eigenvalue weighted by atomic mass is 16.5. The number of hydrogen-bond donors (Lipinski definition) is 1. The van der Waals surface area contributed by atoms with Gasteiger partial charge in [0.1, 0.15) is 11.5 Å². The highest BCUT2D eigenvalue weighted by Gasteiger charge is 2.25. The number of methoxy groups -OCH3 is 1. The van der Waals surface area contributed by atoms with Gasteiger partial charge in [-0.3, -0.25) is 9.69 Å². The van der Waals surface area contributed by atoms with E-state index in [1.165, 1.54) is 12.8 Å². The Morgan fingerprint density at radius 3 is 2.62 bits per heavy atom. The molecule has 3 rings (SSSR count). The molecule has 5 heteroatoms. The van der Waals surface area contributed by atoms with Crippen LogP contribution < -0.4 is 10.1 Å². The summed E-state index contributed by atoms with van der Waals surface area (Å²) in [7, 11) is 1.63. The maximum absolute atomic E-state index is 12.3. The number of carbonyl (C=O) groups is 1. The van der Waals surface area contributed by atoms with Crippen molar-refractivity contribution in [2.24, 2.45) is 0 Å². The van der Waals surface area contributed by atoms with Gasteiger partial charge in [-0.1, -0.05) is 12.1 Å². The number of carbonyl (C=O) groups excluding carboxylic acids is 1. The summed E-state index contributed by atoms with van der Waals surface area (Å²) in [6.45, 7) is 2.68. The standard InChI is InChI=1S/C19H24N2O3/c1-23-16-8-6-15(7-9-16)13-19(22)20-14-17(18-5-4-12-24-18)21-10-2-3-11-21/h4-9,12,17H,2-3,10-11,13-14H2,1H3,(H,20,22)/t17-/m1/s1. The molecule has 0 bridgehead atoms. The SMILES string of the molecule is COc1ccc(CC(=O)NC[C@H](c2ccco2)N2CCCC2)cc1. The molecule has 1 atom stereocenters. The second kappa shape index (κ2) is 8.02. The zero-order chi connectivity index (χ0) is 16.8. The fourth-order valence-corrected chi connectivity index (χ4v) is 3.15. The van der Waals surface area contributed by atoms with Crippen molar-refractivity contribution < 1.29 is 13.9 Å². The van der Waals surface area contributed by atoms with Gasteiger partial charge >= 0.3 is 0 Å². The summed E-state index contributed by atoms with van der Waals surface area (Å²) in [5.74, 6) is 1.74. The van der Waals surface area contributed by atoms with Crippen molar-refractivity contribution in [1.82, 2.24) is 10.2 Å². The van der Waals surface area contributed by atoms with Gasteiger partial charge < -0.3 is 14.5 Å². The quantitative estimate of drug-likeness (QED) is 0.849. The van der Waals surface area contributed by atoms with Crippen molar-refractivity contribution in [3.63, 3.8) is 0 Å². The Morgan fingerprint density at radius 1 is 1.25 bits per heavy atom. The lowest BCUT2D eigenvalue weighted by molar-refractivity contribution is -0.120.